The molecule has 0 spiro atoms. The zero-order valence-electron chi connectivity index (χ0n) is 9.19. The minimum atomic E-state index is 0.199. The number of imidazole rings is 1. The monoisotopic (exact) mass is 221 g/mol. The minimum absolute atomic E-state index is 0.199. The fourth-order valence-electron chi connectivity index (χ4n) is 1.71. The van der Waals surface area contributed by atoms with Crippen LogP contribution in [0.2, 0.25) is 0 Å². The summed E-state index contributed by atoms with van der Waals surface area (Å²) in [4.78, 5) is 5.73. The van der Waals surface area contributed by atoms with E-state index in [2.05, 4.69) is 33.2 Å². The molecule has 0 saturated carbocycles. The lowest BCUT2D eigenvalue weighted by atomic mass is 10.1. The zero-order chi connectivity index (χ0) is 10.8. The Hall–Kier alpha value is -1.13. The van der Waals surface area contributed by atoms with Gasteiger partial charge in [0.25, 0.3) is 0 Å². The first-order chi connectivity index (χ1) is 7.24. The number of thiophene rings is 1. The van der Waals surface area contributed by atoms with Gasteiger partial charge in [0.05, 0.1) is 0 Å². The van der Waals surface area contributed by atoms with E-state index in [9.17, 15) is 0 Å². The van der Waals surface area contributed by atoms with Gasteiger partial charge in [-0.2, -0.15) is 0 Å². The first-order valence-electron chi connectivity index (χ1n) is 4.92. The van der Waals surface area contributed by atoms with Crippen molar-refractivity contribution in [1.29, 1.82) is 0 Å². The second-order valence-electron chi connectivity index (χ2n) is 3.59. The van der Waals surface area contributed by atoms with Crippen molar-refractivity contribution in [2.24, 2.45) is 7.05 Å². The Morgan fingerprint density at radius 2 is 2.33 bits per heavy atom. The summed E-state index contributed by atoms with van der Waals surface area (Å²) in [6.07, 6.45) is 3.81. The molecule has 3 nitrogen and oxygen atoms in total. The van der Waals surface area contributed by atoms with Gasteiger partial charge in [0.1, 0.15) is 11.9 Å². The van der Waals surface area contributed by atoms with Crippen LogP contribution in [0.5, 0.6) is 0 Å². The molecule has 0 aliphatic heterocycles. The van der Waals surface area contributed by atoms with Crippen LogP contribution in [0.25, 0.3) is 0 Å². The molecule has 0 bridgehead atoms. The van der Waals surface area contributed by atoms with Gasteiger partial charge in [0.2, 0.25) is 0 Å². The summed E-state index contributed by atoms with van der Waals surface area (Å²) >= 11 is 1.77. The topological polar surface area (TPSA) is 29.9 Å². The standard InChI is InChI=1S/C11H15N3S/c1-8-4-7-15-10(8)9(12-2)11-13-5-6-14(11)3/h4-7,9,12H,1-3H3. The molecular weight excluding hydrogens is 206 g/mol. The van der Waals surface area contributed by atoms with Crippen LogP contribution in [0.1, 0.15) is 22.3 Å². The summed E-state index contributed by atoms with van der Waals surface area (Å²) in [7, 11) is 3.99. The van der Waals surface area contributed by atoms with Crippen molar-refractivity contribution in [3.05, 3.63) is 40.1 Å². The molecule has 0 fully saturated rings. The van der Waals surface area contributed by atoms with Crippen molar-refractivity contribution >= 4 is 11.3 Å². The van der Waals surface area contributed by atoms with E-state index in [1.165, 1.54) is 10.4 Å². The Labute approximate surface area is 93.8 Å². The van der Waals surface area contributed by atoms with Crippen LogP contribution in [0, 0.1) is 6.92 Å². The number of hydrogen-bond acceptors (Lipinski definition) is 3. The third kappa shape index (κ3) is 1.82. The summed E-state index contributed by atoms with van der Waals surface area (Å²) in [5.41, 5.74) is 1.32. The predicted molar refractivity (Wildman–Crippen MR) is 63.2 cm³/mol. The fraction of sp³-hybridized carbons (Fsp3) is 0.364. The number of rotatable bonds is 3. The maximum atomic E-state index is 4.39. The minimum Gasteiger partial charge on any atom is -0.336 e. The molecule has 2 heterocycles. The molecule has 2 aromatic heterocycles. The maximum Gasteiger partial charge on any atom is 0.131 e. The average molecular weight is 221 g/mol. The zero-order valence-corrected chi connectivity index (χ0v) is 10.0. The van der Waals surface area contributed by atoms with Crippen LogP contribution in [-0.2, 0) is 7.05 Å². The molecule has 0 radical (unpaired) electrons. The molecule has 1 unspecified atom stereocenters. The molecule has 1 N–H and O–H groups in total. The van der Waals surface area contributed by atoms with Crippen LogP contribution in [0.15, 0.2) is 23.8 Å². The van der Waals surface area contributed by atoms with Gasteiger partial charge in [-0.15, -0.1) is 11.3 Å². The number of hydrogen-bond donors (Lipinski definition) is 1. The summed E-state index contributed by atoms with van der Waals surface area (Å²) in [5.74, 6) is 1.06. The highest BCUT2D eigenvalue weighted by Gasteiger charge is 2.18. The van der Waals surface area contributed by atoms with E-state index < -0.39 is 0 Å². The molecule has 80 valence electrons. The smallest absolute Gasteiger partial charge is 0.131 e. The molecule has 0 saturated heterocycles. The lowest BCUT2D eigenvalue weighted by Gasteiger charge is -2.15. The highest BCUT2D eigenvalue weighted by molar-refractivity contribution is 7.10. The molecule has 0 aliphatic rings. The maximum absolute atomic E-state index is 4.39. The van der Waals surface area contributed by atoms with Gasteiger partial charge in [0, 0.05) is 24.3 Å². The van der Waals surface area contributed by atoms with Crippen molar-refractivity contribution in [3.63, 3.8) is 0 Å². The van der Waals surface area contributed by atoms with E-state index in [-0.39, 0.29) is 6.04 Å². The van der Waals surface area contributed by atoms with Crippen molar-refractivity contribution in [1.82, 2.24) is 14.9 Å². The summed E-state index contributed by atoms with van der Waals surface area (Å²) < 4.78 is 2.06. The van der Waals surface area contributed by atoms with E-state index in [0.29, 0.717) is 0 Å². The lowest BCUT2D eigenvalue weighted by Crippen LogP contribution is -2.20. The van der Waals surface area contributed by atoms with Crippen molar-refractivity contribution in [2.45, 2.75) is 13.0 Å². The largest absolute Gasteiger partial charge is 0.336 e. The Balaban J connectivity index is 2.41. The highest BCUT2D eigenvalue weighted by Crippen LogP contribution is 2.27. The molecule has 0 aliphatic carbocycles. The Kier molecular flexibility index (Phi) is 2.88. The van der Waals surface area contributed by atoms with E-state index in [0.717, 1.165) is 5.82 Å². The summed E-state index contributed by atoms with van der Waals surface area (Å²) in [5, 5.41) is 5.44. The third-order valence-corrected chi connectivity index (χ3v) is 3.65. The summed E-state index contributed by atoms with van der Waals surface area (Å²) in [6, 6.07) is 2.35. The first kappa shape index (κ1) is 10.4. The number of aryl methyl sites for hydroxylation is 2. The van der Waals surface area contributed by atoms with Gasteiger partial charge in [-0.25, -0.2) is 4.98 Å². The van der Waals surface area contributed by atoms with Crippen molar-refractivity contribution in [3.8, 4) is 0 Å². The van der Waals surface area contributed by atoms with Gasteiger partial charge in [-0.05, 0) is 31.0 Å². The van der Waals surface area contributed by atoms with E-state index in [4.69, 9.17) is 0 Å². The van der Waals surface area contributed by atoms with Crippen LogP contribution < -0.4 is 5.32 Å². The molecule has 4 heteroatoms. The van der Waals surface area contributed by atoms with Crippen LogP contribution in [0.4, 0.5) is 0 Å². The Bertz CT molecular complexity index is 404. The Morgan fingerprint density at radius 1 is 1.53 bits per heavy atom. The van der Waals surface area contributed by atoms with Crippen LogP contribution in [-0.4, -0.2) is 16.6 Å². The van der Waals surface area contributed by atoms with Gasteiger partial charge in [0.15, 0.2) is 0 Å². The number of aromatic nitrogens is 2. The average Bonchev–Trinajstić information content (AvgIpc) is 2.80. The van der Waals surface area contributed by atoms with Gasteiger partial charge in [-0.3, -0.25) is 0 Å². The fourth-order valence-corrected chi connectivity index (χ4v) is 2.74. The lowest BCUT2D eigenvalue weighted by molar-refractivity contribution is 0.623. The molecule has 2 rings (SSSR count). The SMILES string of the molecule is CNC(c1sccc1C)c1nccn1C. The van der Waals surface area contributed by atoms with Gasteiger partial charge < -0.3 is 9.88 Å². The van der Waals surface area contributed by atoms with Crippen LogP contribution >= 0.6 is 11.3 Å². The predicted octanol–water partition coefficient (Wildman–Crippen LogP) is 2.10. The van der Waals surface area contributed by atoms with Crippen molar-refractivity contribution < 1.29 is 0 Å². The third-order valence-electron chi connectivity index (χ3n) is 2.57. The summed E-state index contributed by atoms with van der Waals surface area (Å²) in [6.45, 7) is 2.14. The molecular formula is C11H15N3S. The van der Waals surface area contributed by atoms with E-state index in [1.54, 1.807) is 11.3 Å². The normalized spacial score (nSPS) is 13.0. The van der Waals surface area contributed by atoms with Crippen molar-refractivity contribution in [2.75, 3.05) is 7.05 Å². The van der Waals surface area contributed by atoms with E-state index in [1.807, 2.05) is 26.5 Å². The highest BCUT2D eigenvalue weighted by atomic mass is 32.1. The number of nitrogens with one attached hydrogen (secondary N) is 1. The van der Waals surface area contributed by atoms with Gasteiger partial charge >= 0.3 is 0 Å². The quantitative estimate of drug-likeness (QED) is 0.860. The second-order valence-corrected chi connectivity index (χ2v) is 4.53. The molecule has 0 amide bonds. The number of nitrogens with zero attached hydrogens (tertiary/aromatic N) is 2. The molecule has 15 heavy (non-hydrogen) atoms. The van der Waals surface area contributed by atoms with Crippen LogP contribution in [0.3, 0.4) is 0 Å². The molecule has 0 aromatic carbocycles. The molecule has 2 aromatic rings. The molecule has 1 atom stereocenters. The Morgan fingerprint density at radius 3 is 2.80 bits per heavy atom. The first-order valence-corrected chi connectivity index (χ1v) is 5.80. The van der Waals surface area contributed by atoms with E-state index >= 15 is 0 Å². The van der Waals surface area contributed by atoms with Gasteiger partial charge in [-0.1, -0.05) is 0 Å². The second kappa shape index (κ2) is 4.16.